The summed E-state index contributed by atoms with van der Waals surface area (Å²) < 4.78 is 18.8. The molecule has 1 saturated heterocycles. The summed E-state index contributed by atoms with van der Waals surface area (Å²) in [6, 6.07) is 7.90. The minimum Gasteiger partial charge on any atom is -0.489 e. The molecule has 1 unspecified atom stereocenters. The van der Waals surface area contributed by atoms with E-state index in [0.717, 1.165) is 64.1 Å². The minimum atomic E-state index is -0.270. The third-order valence-corrected chi connectivity index (χ3v) is 5.15. The van der Waals surface area contributed by atoms with E-state index in [-0.39, 0.29) is 11.9 Å². The molecule has 8 nitrogen and oxygen atoms in total. The number of rotatable bonds is 10. The van der Waals surface area contributed by atoms with E-state index in [1.165, 1.54) is 12.1 Å². The second-order valence-corrected chi connectivity index (χ2v) is 7.76. The van der Waals surface area contributed by atoms with E-state index in [0.29, 0.717) is 12.3 Å². The number of nitrogens with zero attached hydrogens (tertiary/aromatic N) is 5. The molecular formula is C23H34FN7O. The fraction of sp³-hybridized carbons (Fsp3) is 0.522. The summed E-state index contributed by atoms with van der Waals surface area (Å²) in [4.78, 5) is 18.0. The van der Waals surface area contributed by atoms with Crippen molar-refractivity contribution in [2.75, 3.05) is 57.3 Å². The van der Waals surface area contributed by atoms with Crippen molar-refractivity contribution in [3.63, 3.8) is 0 Å². The van der Waals surface area contributed by atoms with Crippen LogP contribution in [0.2, 0.25) is 0 Å². The molecule has 1 aliphatic rings. The predicted octanol–water partition coefficient (Wildman–Crippen LogP) is 2.15. The monoisotopic (exact) mass is 443 g/mol. The topological polar surface area (TPSA) is 77.9 Å². The number of aromatic nitrogens is 2. The molecule has 1 aliphatic heterocycles. The summed E-state index contributed by atoms with van der Waals surface area (Å²) in [6.07, 6.45) is 4.51. The van der Waals surface area contributed by atoms with Gasteiger partial charge in [-0.3, -0.25) is 4.90 Å². The molecule has 0 amide bonds. The summed E-state index contributed by atoms with van der Waals surface area (Å²) in [5.41, 5.74) is 0. The van der Waals surface area contributed by atoms with Crippen molar-refractivity contribution >= 4 is 11.9 Å². The highest BCUT2D eigenvalue weighted by atomic mass is 19.1. The number of hydrogen-bond donors (Lipinski definition) is 2. The first-order valence-corrected chi connectivity index (χ1v) is 11.3. The van der Waals surface area contributed by atoms with Crippen molar-refractivity contribution in [2.45, 2.75) is 26.4 Å². The molecule has 1 atom stereocenters. The Morgan fingerprint density at radius 2 is 1.84 bits per heavy atom. The van der Waals surface area contributed by atoms with Crippen LogP contribution in [0.5, 0.6) is 5.75 Å². The van der Waals surface area contributed by atoms with Gasteiger partial charge in [0.15, 0.2) is 5.96 Å². The van der Waals surface area contributed by atoms with E-state index in [9.17, 15) is 4.39 Å². The van der Waals surface area contributed by atoms with Crippen molar-refractivity contribution in [1.82, 2.24) is 25.5 Å². The molecule has 0 spiro atoms. The second-order valence-electron chi connectivity index (χ2n) is 7.76. The van der Waals surface area contributed by atoms with Gasteiger partial charge in [0.2, 0.25) is 5.95 Å². The highest BCUT2D eigenvalue weighted by Gasteiger charge is 2.18. The van der Waals surface area contributed by atoms with Crippen LogP contribution in [0.25, 0.3) is 0 Å². The zero-order valence-electron chi connectivity index (χ0n) is 19.0. The molecular weight excluding hydrogens is 409 g/mol. The lowest BCUT2D eigenvalue weighted by atomic mass is 10.3. The molecule has 2 aromatic rings. The van der Waals surface area contributed by atoms with E-state index in [2.05, 4.69) is 35.4 Å². The molecule has 9 heteroatoms. The van der Waals surface area contributed by atoms with E-state index in [4.69, 9.17) is 4.74 Å². The number of benzene rings is 1. The van der Waals surface area contributed by atoms with Crippen LogP contribution in [0.1, 0.15) is 20.3 Å². The number of aliphatic imine (C=N–C) groups is 1. The Bertz CT molecular complexity index is 811. The summed E-state index contributed by atoms with van der Waals surface area (Å²) in [5, 5.41) is 6.67. The number of hydrogen-bond acceptors (Lipinski definition) is 6. The van der Waals surface area contributed by atoms with Gasteiger partial charge in [0.25, 0.3) is 0 Å². The second kappa shape index (κ2) is 12.8. The molecule has 2 N–H and O–H groups in total. The van der Waals surface area contributed by atoms with Crippen molar-refractivity contribution in [1.29, 1.82) is 0 Å². The largest absolute Gasteiger partial charge is 0.489 e. The molecule has 174 valence electrons. The Hall–Kier alpha value is -2.94. The molecule has 0 bridgehead atoms. The van der Waals surface area contributed by atoms with E-state index >= 15 is 0 Å². The van der Waals surface area contributed by atoms with E-state index in [1.54, 1.807) is 24.5 Å². The van der Waals surface area contributed by atoms with Gasteiger partial charge in [-0.25, -0.2) is 19.4 Å². The summed E-state index contributed by atoms with van der Waals surface area (Å²) >= 11 is 0. The Kier molecular flexibility index (Phi) is 9.49. The molecule has 1 aromatic heterocycles. The van der Waals surface area contributed by atoms with Crippen LogP contribution < -0.4 is 20.3 Å². The maximum atomic E-state index is 13.0. The maximum Gasteiger partial charge on any atom is 0.225 e. The molecule has 1 fully saturated rings. The smallest absolute Gasteiger partial charge is 0.225 e. The lowest BCUT2D eigenvalue weighted by Gasteiger charge is -2.34. The maximum absolute atomic E-state index is 13.0. The SMILES string of the molecule is CCNC(=NCC(C)Oc1ccc(F)cc1)NCCCN1CCN(c2ncccn2)CC1. The third kappa shape index (κ3) is 7.96. The molecule has 0 aliphatic carbocycles. The highest BCUT2D eigenvalue weighted by molar-refractivity contribution is 5.79. The molecule has 3 rings (SSSR count). The van der Waals surface area contributed by atoms with Crippen LogP contribution in [0.15, 0.2) is 47.7 Å². The van der Waals surface area contributed by atoms with Crippen LogP contribution in [0.4, 0.5) is 10.3 Å². The zero-order valence-corrected chi connectivity index (χ0v) is 19.0. The quantitative estimate of drug-likeness (QED) is 0.331. The van der Waals surface area contributed by atoms with Crippen molar-refractivity contribution in [3.8, 4) is 5.75 Å². The fourth-order valence-corrected chi connectivity index (χ4v) is 3.48. The predicted molar refractivity (Wildman–Crippen MR) is 126 cm³/mol. The van der Waals surface area contributed by atoms with Gasteiger partial charge in [-0.1, -0.05) is 0 Å². The number of piperazine rings is 1. The molecule has 0 saturated carbocycles. The third-order valence-electron chi connectivity index (χ3n) is 5.15. The fourth-order valence-electron chi connectivity index (χ4n) is 3.48. The number of anilines is 1. The average Bonchev–Trinajstić information content (AvgIpc) is 2.82. The Morgan fingerprint density at radius 3 is 2.53 bits per heavy atom. The van der Waals surface area contributed by atoms with Crippen LogP contribution in [0.3, 0.4) is 0 Å². The number of ether oxygens (including phenoxy) is 1. The van der Waals surface area contributed by atoms with Gasteiger partial charge >= 0.3 is 0 Å². The average molecular weight is 444 g/mol. The van der Waals surface area contributed by atoms with Crippen LogP contribution in [-0.4, -0.2) is 79.3 Å². The molecule has 0 radical (unpaired) electrons. The lowest BCUT2D eigenvalue weighted by molar-refractivity contribution is 0.230. The Morgan fingerprint density at radius 1 is 1.12 bits per heavy atom. The minimum absolute atomic E-state index is 0.110. The van der Waals surface area contributed by atoms with Gasteiger partial charge < -0.3 is 20.3 Å². The van der Waals surface area contributed by atoms with Gasteiger partial charge in [-0.05, 0) is 57.1 Å². The Balaban J connectivity index is 1.34. The number of nitrogens with one attached hydrogen (secondary N) is 2. The summed E-state index contributed by atoms with van der Waals surface area (Å²) in [5.74, 6) is 1.98. The number of halogens is 1. The van der Waals surface area contributed by atoms with Crippen molar-refractivity contribution in [2.24, 2.45) is 4.99 Å². The Labute approximate surface area is 189 Å². The number of guanidine groups is 1. The van der Waals surface area contributed by atoms with Gasteiger partial charge in [0.05, 0.1) is 6.54 Å². The van der Waals surface area contributed by atoms with Gasteiger partial charge in [-0.2, -0.15) is 0 Å². The standard InChI is InChI=1S/C23H34FN7O/c1-3-25-22(29-18-19(2)32-21-8-6-20(24)7-9-21)26-12-5-13-30-14-16-31(17-15-30)23-27-10-4-11-28-23/h4,6-11,19H,3,5,12-18H2,1-2H3,(H2,25,26,29). The van der Waals surface area contributed by atoms with Crippen LogP contribution in [-0.2, 0) is 0 Å². The first kappa shape index (κ1) is 23.7. The van der Waals surface area contributed by atoms with E-state index < -0.39 is 0 Å². The molecule has 2 heterocycles. The van der Waals surface area contributed by atoms with Gasteiger partial charge in [-0.15, -0.1) is 0 Å². The van der Waals surface area contributed by atoms with Crippen LogP contribution >= 0.6 is 0 Å². The zero-order chi connectivity index (χ0) is 22.6. The lowest BCUT2D eigenvalue weighted by Crippen LogP contribution is -2.47. The highest BCUT2D eigenvalue weighted by Crippen LogP contribution is 2.13. The molecule has 1 aromatic carbocycles. The van der Waals surface area contributed by atoms with Gasteiger partial charge in [0.1, 0.15) is 17.7 Å². The van der Waals surface area contributed by atoms with Crippen LogP contribution in [0, 0.1) is 5.82 Å². The van der Waals surface area contributed by atoms with Crippen molar-refractivity contribution < 1.29 is 9.13 Å². The normalized spacial score (nSPS) is 16.0. The van der Waals surface area contributed by atoms with E-state index in [1.807, 2.05) is 19.9 Å². The summed E-state index contributed by atoms with van der Waals surface area (Å²) in [6.45, 7) is 11.1. The van der Waals surface area contributed by atoms with Crippen molar-refractivity contribution in [3.05, 3.63) is 48.5 Å². The summed E-state index contributed by atoms with van der Waals surface area (Å²) in [7, 11) is 0. The first-order valence-electron chi connectivity index (χ1n) is 11.3. The molecule has 32 heavy (non-hydrogen) atoms. The first-order chi connectivity index (χ1) is 15.6. The van der Waals surface area contributed by atoms with Gasteiger partial charge in [0, 0.05) is 51.7 Å².